The van der Waals surface area contributed by atoms with Crippen LogP contribution in [0.5, 0.6) is 0 Å². The molecule has 0 aromatic carbocycles. The van der Waals surface area contributed by atoms with Gasteiger partial charge in [-0.15, -0.1) is 0 Å². The fourth-order valence-electron chi connectivity index (χ4n) is 2.15. The number of rotatable bonds is 5. The molecule has 1 aromatic heterocycles. The van der Waals surface area contributed by atoms with E-state index in [1.54, 1.807) is 6.92 Å². The summed E-state index contributed by atoms with van der Waals surface area (Å²) in [6.45, 7) is 3.44. The Bertz CT molecular complexity index is 661. The van der Waals surface area contributed by atoms with Gasteiger partial charge < -0.3 is 14.9 Å². The highest BCUT2D eigenvalue weighted by Crippen LogP contribution is 2.26. The molecule has 1 amide bonds. The number of hydrogen-bond acceptors (Lipinski definition) is 6. The molecule has 0 saturated carbocycles. The van der Waals surface area contributed by atoms with Crippen molar-refractivity contribution in [2.75, 3.05) is 11.9 Å². The van der Waals surface area contributed by atoms with Gasteiger partial charge in [0.15, 0.2) is 11.6 Å². The zero-order chi connectivity index (χ0) is 17.0. The third-order valence-corrected chi connectivity index (χ3v) is 3.36. The number of carbonyl (C=O) groups is 1. The van der Waals surface area contributed by atoms with Crippen molar-refractivity contribution in [2.45, 2.75) is 45.4 Å². The summed E-state index contributed by atoms with van der Waals surface area (Å²) in [5, 5.41) is 9.28. The maximum atomic E-state index is 14.0. The summed E-state index contributed by atoms with van der Waals surface area (Å²) in [5.74, 6) is -1.35. The van der Waals surface area contributed by atoms with Crippen LogP contribution in [0.1, 0.15) is 39.3 Å². The van der Waals surface area contributed by atoms with Gasteiger partial charge >= 0.3 is 11.8 Å². The van der Waals surface area contributed by atoms with Crippen molar-refractivity contribution in [1.82, 2.24) is 9.55 Å². The van der Waals surface area contributed by atoms with Crippen LogP contribution in [0.2, 0.25) is 0 Å². The fraction of sp³-hybridized carbons (Fsp3) is 0.571. The highest BCUT2D eigenvalue weighted by atomic mass is 19.1. The Morgan fingerprint density at radius 2 is 2.35 bits per heavy atom. The van der Waals surface area contributed by atoms with Gasteiger partial charge in [-0.3, -0.25) is 9.88 Å². The van der Waals surface area contributed by atoms with Gasteiger partial charge in [-0.1, -0.05) is 0 Å². The zero-order valence-electron chi connectivity index (χ0n) is 13.0. The molecule has 0 spiro atoms. The Morgan fingerprint density at radius 3 is 2.96 bits per heavy atom. The summed E-state index contributed by atoms with van der Waals surface area (Å²) in [5.41, 5.74) is -0.355. The Kier molecular flexibility index (Phi) is 5.43. The number of anilines is 1. The van der Waals surface area contributed by atoms with Gasteiger partial charge in [0.25, 0.3) is 0 Å². The second kappa shape index (κ2) is 7.32. The van der Waals surface area contributed by atoms with Crippen LogP contribution < -0.4 is 11.0 Å². The first-order chi connectivity index (χ1) is 10.9. The number of aromatic nitrogens is 2. The maximum absolute atomic E-state index is 14.0. The van der Waals surface area contributed by atoms with Gasteiger partial charge in [0.05, 0.1) is 18.9 Å². The van der Waals surface area contributed by atoms with E-state index in [2.05, 4.69) is 10.3 Å². The highest BCUT2D eigenvalue weighted by Gasteiger charge is 2.25. The van der Waals surface area contributed by atoms with E-state index in [9.17, 15) is 14.0 Å². The van der Waals surface area contributed by atoms with E-state index in [1.165, 1.54) is 0 Å². The average Bonchev–Trinajstić information content (AvgIpc) is 2.88. The molecule has 1 fully saturated rings. The molecule has 1 aliphatic heterocycles. The van der Waals surface area contributed by atoms with E-state index >= 15 is 0 Å². The second-order valence-electron chi connectivity index (χ2n) is 5.40. The minimum atomic E-state index is -0.930. The number of hydrogen-bond donors (Lipinski definition) is 2. The molecule has 1 aromatic rings. The smallest absolute Gasteiger partial charge is 0.412 e. The first-order valence-corrected chi connectivity index (χ1v) is 7.28. The van der Waals surface area contributed by atoms with Gasteiger partial charge in [-0.2, -0.15) is 4.98 Å². The zero-order valence-corrected chi connectivity index (χ0v) is 13.0. The minimum Gasteiger partial charge on any atom is -0.449 e. The highest BCUT2D eigenvalue weighted by molar-refractivity contribution is 5.84. The van der Waals surface area contributed by atoms with E-state index in [1.807, 2.05) is 6.92 Å². The van der Waals surface area contributed by atoms with Crippen LogP contribution in [0.15, 0.2) is 11.0 Å². The van der Waals surface area contributed by atoms with E-state index in [0.29, 0.717) is 12.1 Å². The summed E-state index contributed by atoms with van der Waals surface area (Å²) in [7, 11) is 0. The fourth-order valence-corrected chi connectivity index (χ4v) is 2.15. The van der Waals surface area contributed by atoms with Crippen molar-refractivity contribution in [3.05, 3.63) is 22.5 Å². The maximum Gasteiger partial charge on any atom is 0.412 e. The molecule has 2 N–H and O–H groups in total. The Morgan fingerprint density at radius 1 is 1.61 bits per heavy atom. The van der Waals surface area contributed by atoms with Crippen LogP contribution >= 0.6 is 0 Å². The third kappa shape index (κ3) is 4.59. The third-order valence-electron chi connectivity index (χ3n) is 3.36. The van der Waals surface area contributed by atoms with Gasteiger partial charge in [0.2, 0.25) is 0 Å². The van der Waals surface area contributed by atoms with Crippen molar-refractivity contribution >= 4 is 17.6 Å². The number of ether oxygens (including phenoxy) is 2. The summed E-state index contributed by atoms with van der Waals surface area (Å²) in [4.78, 5) is 27.0. The van der Waals surface area contributed by atoms with Crippen molar-refractivity contribution in [1.29, 1.82) is 5.41 Å². The molecule has 0 aliphatic carbocycles. The van der Waals surface area contributed by atoms with Crippen LogP contribution in [-0.2, 0) is 9.47 Å². The molecule has 9 heteroatoms. The van der Waals surface area contributed by atoms with E-state index in [-0.39, 0.29) is 19.1 Å². The number of nitrogens with one attached hydrogen (secondary N) is 2. The number of amides is 1. The molecular formula is C14H19FN4O4. The van der Waals surface area contributed by atoms with E-state index in [0.717, 1.165) is 17.2 Å². The molecule has 0 unspecified atom stereocenters. The van der Waals surface area contributed by atoms with Crippen LogP contribution in [0.4, 0.5) is 15.0 Å². The SMILES string of the molecule is CC(=N)CCOC(=O)Nc1nc(=O)n([C@H]2CC[C@@H](C)O2)cc1F. The number of halogens is 1. The van der Waals surface area contributed by atoms with Crippen LogP contribution in [0.3, 0.4) is 0 Å². The average molecular weight is 326 g/mol. The molecular weight excluding hydrogens is 307 g/mol. The lowest BCUT2D eigenvalue weighted by molar-refractivity contribution is 0.00746. The molecule has 0 bridgehead atoms. The standard InChI is InChI=1S/C14H19FN4O4/c1-8(16)5-6-22-14(21)18-12-10(15)7-19(13(20)17-12)11-4-3-9(2)23-11/h7,9,11,16H,3-6H2,1-2H3,(H,17,18,20,21)/t9-,11-/m1/s1. The summed E-state index contributed by atoms with van der Waals surface area (Å²) in [6, 6.07) is 0. The van der Waals surface area contributed by atoms with Crippen molar-refractivity contribution in [3.63, 3.8) is 0 Å². The van der Waals surface area contributed by atoms with Crippen molar-refractivity contribution < 1.29 is 18.7 Å². The quantitative estimate of drug-likeness (QED) is 0.806. The van der Waals surface area contributed by atoms with Gasteiger partial charge in [-0.25, -0.2) is 14.0 Å². The molecule has 126 valence electrons. The minimum absolute atomic E-state index is 0.0000343. The van der Waals surface area contributed by atoms with Crippen LogP contribution in [-0.4, -0.2) is 34.1 Å². The normalized spacial score (nSPS) is 20.3. The second-order valence-corrected chi connectivity index (χ2v) is 5.40. The Balaban J connectivity index is 2.03. The molecule has 1 aliphatic rings. The lowest BCUT2D eigenvalue weighted by Gasteiger charge is -2.15. The topological polar surface area (TPSA) is 106 Å². The molecule has 2 rings (SSSR count). The van der Waals surface area contributed by atoms with Crippen molar-refractivity contribution in [3.8, 4) is 0 Å². The number of carbonyl (C=O) groups excluding carboxylic acids is 1. The van der Waals surface area contributed by atoms with Gasteiger partial charge in [-0.05, 0) is 26.7 Å². The number of nitrogens with zero attached hydrogens (tertiary/aromatic N) is 2. The Labute approximate surface area is 132 Å². The predicted molar refractivity (Wildman–Crippen MR) is 80.3 cm³/mol. The summed E-state index contributed by atoms with van der Waals surface area (Å²) >= 11 is 0. The molecule has 23 heavy (non-hydrogen) atoms. The van der Waals surface area contributed by atoms with E-state index < -0.39 is 29.6 Å². The van der Waals surface area contributed by atoms with E-state index in [4.69, 9.17) is 14.9 Å². The van der Waals surface area contributed by atoms with Gasteiger partial charge in [0, 0.05) is 12.1 Å². The van der Waals surface area contributed by atoms with Crippen molar-refractivity contribution in [2.24, 2.45) is 0 Å². The largest absolute Gasteiger partial charge is 0.449 e. The molecule has 2 heterocycles. The monoisotopic (exact) mass is 326 g/mol. The Hall–Kier alpha value is -2.29. The predicted octanol–water partition coefficient (Wildman–Crippen LogP) is 2.06. The molecule has 1 saturated heterocycles. The first-order valence-electron chi connectivity index (χ1n) is 7.28. The lowest BCUT2D eigenvalue weighted by atomic mass is 10.2. The summed E-state index contributed by atoms with van der Waals surface area (Å²) in [6.07, 6.45) is 1.14. The summed E-state index contributed by atoms with van der Waals surface area (Å²) < 4.78 is 25.4. The molecule has 8 nitrogen and oxygen atoms in total. The lowest BCUT2D eigenvalue weighted by Crippen LogP contribution is -2.29. The van der Waals surface area contributed by atoms with Crippen LogP contribution in [0, 0.1) is 11.2 Å². The van der Waals surface area contributed by atoms with Crippen LogP contribution in [0.25, 0.3) is 0 Å². The first kappa shape index (κ1) is 17.1. The molecule has 0 radical (unpaired) electrons. The van der Waals surface area contributed by atoms with Gasteiger partial charge in [0.1, 0.15) is 6.23 Å². The molecule has 2 atom stereocenters.